The van der Waals surface area contributed by atoms with E-state index >= 15 is 0 Å². The van der Waals surface area contributed by atoms with Gasteiger partial charge in [0.2, 0.25) is 0 Å². The van der Waals surface area contributed by atoms with Gasteiger partial charge in [-0.3, -0.25) is 0 Å². The smallest absolute Gasteiger partial charge is 0.0690 e. The molecule has 5 saturated carbocycles. The highest BCUT2D eigenvalue weighted by atomic mass is 16.5. The molecule has 5 rings (SSSR count). The molecule has 0 radical (unpaired) electrons. The van der Waals surface area contributed by atoms with E-state index in [4.69, 9.17) is 10.5 Å². The molecule has 2 N–H and O–H groups in total. The zero-order valence-electron chi connectivity index (χ0n) is 10.8. The van der Waals surface area contributed by atoms with Crippen molar-refractivity contribution >= 4 is 0 Å². The van der Waals surface area contributed by atoms with E-state index in [1.165, 1.54) is 51.4 Å². The average molecular weight is 235 g/mol. The van der Waals surface area contributed by atoms with Crippen LogP contribution in [-0.4, -0.2) is 17.7 Å². The van der Waals surface area contributed by atoms with Gasteiger partial charge in [-0.1, -0.05) is 0 Å². The molecule has 4 bridgehead atoms. The van der Waals surface area contributed by atoms with Crippen molar-refractivity contribution in [3.8, 4) is 0 Å². The van der Waals surface area contributed by atoms with Crippen LogP contribution in [0.5, 0.6) is 0 Å². The summed E-state index contributed by atoms with van der Waals surface area (Å²) in [7, 11) is 0. The highest BCUT2D eigenvalue weighted by Crippen LogP contribution is 2.57. The molecule has 0 unspecified atom stereocenters. The monoisotopic (exact) mass is 235 g/mol. The summed E-state index contributed by atoms with van der Waals surface area (Å²) >= 11 is 0. The van der Waals surface area contributed by atoms with E-state index in [2.05, 4.69) is 0 Å². The summed E-state index contributed by atoms with van der Waals surface area (Å²) < 4.78 is 6.38. The van der Waals surface area contributed by atoms with Crippen LogP contribution in [0, 0.1) is 17.8 Å². The van der Waals surface area contributed by atoms with Gasteiger partial charge >= 0.3 is 0 Å². The fourth-order valence-electron chi connectivity index (χ4n) is 5.09. The van der Waals surface area contributed by atoms with Gasteiger partial charge in [-0.05, 0) is 75.5 Å². The zero-order valence-corrected chi connectivity index (χ0v) is 10.8. The highest BCUT2D eigenvalue weighted by molar-refractivity contribution is 5.04. The van der Waals surface area contributed by atoms with Crippen molar-refractivity contribution in [3.63, 3.8) is 0 Å². The van der Waals surface area contributed by atoms with Crippen molar-refractivity contribution in [2.45, 2.75) is 68.9 Å². The van der Waals surface area contributed by atoms with Gasteiger partial charge in [-0.15, -0.1) is 0 Å². The number of hydrogen-bond donors (Lipinski definition) is 1. The van der Waals surface area contributed by atoms with Gasteiger partial charge in [0.25, 0.3) is 0 Å². The fourth-order valence-corrected chi connectivity index (χ4v) is 5.09. The molecular formula is C15H25NO. The molecule has 5 fully saturated rings. The molecule has 0 saturated heterocycles. The van der Waals surface area contributed by atoms with Crippen LogP contribution in [0.1, 0.15) is 57.8 Å². The molecular weight excluding hydrogens is 210 g/mol. The second kappa shape index (κ2) is 3.48. The number of rotatable bonds is 4. The van der Waals surface area contributed by atoms with Crippen molar-refractivity contribution in [2.75, 3.05) is 6.61 Å². The molecule has 0 aliphatic heterocycles. The van der Waals surface area contributed by atoms with Crippen molar-refractivity contribution in [2.24, 2.45) is 23.5 Å². The van der Waals surface area contributed by atoms with Crippen molar-refractivity contribution in [3.05, 3.63) is 0 Å². The van der Waals surface area contributed by atoms with E-state index in [0.717, 1.165) is 30.8 Å². The molecule has 5 aliphatic carbocycles. The Morgan fingerprint density at radius 1 is 0.941 bits per heavy atom. The second-order valence-corrected chi connectivity index (χ2v) is 7.56. The molecule has 96 valence electrons. The molecule has 17 heavy (non-hydrogen) atoms. The SMILES string of the molecule is NC1(CCOC23CC4CC(CC(C4)C2)C3)CC1. The van der Waals surface area contributed by atoms with Crippen LogP contribution in [0.3, 0.4) is 0 Å². The summed E-state index contributed by atoms with van der Waals surface area (Å²) in [6, 6.07) is 0. The third kappa shape index (κ3) is 1.94. The minimum absolute atomic E-state index is 0.169. The minimum atomic E-state index is 0.169. The van der Waals surface area contributed by atoms with Gasteiger partial charge in [0.1, 0.15) is 0 Å². The summed E-state index contributed by atoms with van der Waals surface area (Å²) in [4.78, 5) is 0. The first-order valence-electron chi connectivity index (χ1n) is 7.58. The van der Waals surface area contributed by atoms with Gasteiger partial charge in [0.15, 0.2) is 0 Å². The lowest BCUT2D eigenvalue weighted by atomic mass is 9.54. The Morgan fingerprint density at radius 2 is 1.47 bits per heavy atom. The molecule has 0 heterocycles. The Labute approximate surface area is 104 Å². The molecule has 0 atom stereocenters. The number of nitrogens with two attached hydrogens (primary N) is 1. The maximum Gasteiger partial charge on any atom is 0.0690 e. The normalized spacial score (nSPS) is 49.6. The standard InChI is InChI=1S/C15H25NO/c16-14(1-2-14)3-4-17-15-8-11-5-12(9-15)7-13(6-11)10-15/h11-13H,1-10,16H2. The molecule has 0 aromatic carbocycles. The third-order valence-corrected chi connectivity index (χ3v) is 5.88. The van der Waals surface area contributed by atoms with Crippen LogP contribution in [0.4, 0.5) is 0 Å². The molecule has 0 spiro atoms. The summed E-state index contributed by atoms with van der Waals surface area (Å²) in [6.45, 7) is 0.919. The predicted octanol–water partition coefficient (Wildman–Crippen LogP) is 2.85. The van der Waals surface area contributed by atoms with Crippen molar-refractivity contribution in [1.29, 1.82) is 0 Å². The maximum atomic E-state index is 6.38. The van der Waals surface area contributed by atoms with Crippen LogP contribution in [0.15, 0.2) is 0 Å². The second-order valence-electron chi connectivity index (χ2n) is 7.56. The first-order chi connectivity index (χ1) is 8.15. The zero-order chi connectivity index (χ0) is 11.5. The Morgan fingerprint density at radius 3 is 1.94 bits per heavy atom. The lowest BCUT2D eigenvalue weighted by Crippen LogP contribution is -2.52. The van der Waals surface area contributed by atoms with E-state index < -0.39 is 0 Å². The molecule has 0 amide bonds. The fraction of sp³-hybridized carbons (Fsp3) is 1.00. The average Bonchev–Trinajstić information content (AvgIpc) is 2.93. The highest BCUT2D eigenvalue weighted by Gasteiger charge is 2.51. The lowest BCUT2D eigenvalue weighted by Gasteiger charge is -2.56. The van der Waals surface area contributed by atoms with E-state index in [-0.39, 0.29) is 5.54 Å². The molecule has 5 aliphatic rings. The molecule has 0 aromatic rings. The van der Waals surface area contributed by atoms with Crippen LogP contribution in [0.25, 0.3) is 0 Å². The van der Waals surface area contributed by atoms with Crippen LogP contribution in [-0.2, 0) is 4.74 Å². The lowest BCUT2D eigenvalue weighted by molar-refractivity contribution is -0.163. The van der Waals surface area contributed by atoms with Gasteiger partial charge in [-0.2, -0.15) is 0 Å². The Hall–Kier alpha value is -0.0800. The van der Waals surface area contributed by atoms with E-state index in [9.17, 15) is 0 Å². The van der Waals surface area contributed by atoms with Gasteiger partial charge in [0.05, 0.1) is 5.60 Å². The predicted molar refractivity (Wildman–Crippen MR) is 67.6 cm³/mol. The Balaban J connectivity index is 1.39. The Kier molecular flexibility index (Phi) is 2.21. The van der Waals surface area contributed by atoms with Gasteiger partial charge < -0.3 is 10.5 Å². The molecule has 2 heteroatoms. The summed E-state index contributed by atoms with van der Waals surface area (Å²) in [5.41, 5.74) is 6.60. The van der Waals surface area contributed by atoms with E-state index in [1.54, 1.807) is 0 Å². The van der Waals surface area contributed by atoms with Gasteiger partial charge in [-0.25, -0.2) is 0 Å². The number of hydrogen-bond acceptors (Lipinski definition) is 2. The first kappa shape index (κ1) is 10.8. The van der Waals surface area contributed by atoms with Crippen LogP contribution in [0.2, 0.25) is 0 Å². The molecule has 0 aromatic heterocycles. The third-order valence-electron chi connectivity index (χ3n) is 5.88. The summed E-state index contributed by atoms with van der Waals surface area (Å²) in [5, 5.41) is 0. The van der Waals surface area contributed by atoms with Crippen LogP contribution < -0.4 is 5.73 Å². The maximum absolute atomic E-state index is 6.38. The number of ether oxygens (including phenoxy) is 1. The molecule has 2 nitrogen and oxygen atoms in total. The first-order valence-corrected chi connectivity index (χ1v) is 7.58. The van der Waals surface area contributed by atoms with E-state index in [1.807, 2.05) is 0 Å². The van der Waals surface area contributed by atoms with Crippen molar-refractivity contribution in [1.82, 2.24) is 0 Å². The minimum Gasteiger partial charge on any atom is -0.375 e. The van der Waals surface area contributed by atoms with E-state index in [0.29, 0.717) is 5.60 Å². The Bertz CT molecular complexity index is 286. The van der Waals surface area contributed by atoms with Crippen LogP contribution >= 0.6 is 0 Å². The topological polar surface area (TPSA) is 35.2 Å². The quantitative estimate of drug-likeness (QED) is 0.813. The largest absolute Gasteiger partial charge is 0.375 e. The summed E-state index contributed by atoms with van der Waals surface area (Å²) in [6.07, 6.45) is 12.1. The van der Waals surface area contributed by atoms with Gasteiger partial charge in [0, 0.05) is 12.1 Å². The van der Waals surface area contributed by atoms with Crippen molar-refractivity contribution < 1.29 is 4.74 Å². The summed E-state index contributed by atoms with van der Waals surface area (Å²) in [5.74, 6) is 2.98.